The molecule has 1 unspecified atom stereocenters. The molecule has 0 saturated heterocycles. The van der Waals surface area contributed by atoms with Crippen LogP contribution in [0.25, 0.3) is 11.3 Å². The Labute approximate surface area is 206 Å². The molecule has 36 heavy (non-hydrogen) atoms. The van der Waals surface area contributed by atoms with E-state index in [1.54, 1.807) is 37.5 Å². The van der Waals surface area contributed by atoms with Crippen molar-refractivity contribution >= 4 is 34.5 Å². The Kier molecular flexibility index (Phi) is 6.92. The van der Waals surface area contributed by atoms with Crippen LogP contribution in [0.2, 0.25) is 0 Å². The number of pyridine rings is 1. The number of carbonyl (C=O) groups is 2. The molecule has 4 rings (SSSR count). The van der Waals surface area contributed by atoms with Gasteiger partial charge in [0.25, 0.3) is 11.8 Å². The Bertz CT molecular complexity index is 1410. The lowest BCUT2D eigenvalue weighted by Gasteiger charge is -2.12. The fourth-order valence-corrected chi connectivity index (χ4v) is 3.97. The summed E-state index contributed by atoms with van der Waals surface area (Å²) in [5.41, 5.74) is 5.30. The maximum absolute atomic E-state index is 13.1. The summed E-state index contributed by atoms with van der Waals surface area (Å²) in [5, 5.41) is 5.59. The van der Waals surface area contributed by atoms with Gasteiger partial charge in [-0.05, 0) is 43.3 Å². The van der Waals surface area contributed by atoms with Crippen molar-refractivity contribution in [2.45, 2.75) is 19.1 Å². The van der Waals surface area contributed by atoms with Crippen molar-refractivity contribution in [2.24, 2.45) is 0 Å². The molecule has 0 aliphatic heterocycles. The maximum atomic E-state index is 13.1. The molecule has 2 amide bonds. The Balaban J connectivity index is 1.43. The van der Waals surface area contributed by atoms with Crippen LogP contribution in [0.3, 0.4) is 0 Å². The van der Waals surface area contributed by atoms with Crippen molar-refractivity contribution in [2.75, 3.05) is 11.1 Å². The Morgan fingerprint density at radius 3 is 2.50 bits per heavy atom. The SMILES string of the molecule is CC(NC(=O)c1cc(-c2ccncc2)ncn1)c1ncc(C(=O)Nc2ccc(N)c(C(F)(F)F)c2)s1. The predicted octanol–water partition coefficient (Wildman–Crippen LogP) is 4.34. The van der Waals surface area contributed by atoms with Gasteiger partial charge in [0.2, 0.25) is 0 Å². The highest BCUT2D eigenvalue weighted by atomic mass is 32.1. The minimum absolute atomic E-state index is 0.0633. The molecular formula is C23H18F3N7O2S. The van der Waals surface area contributed by atoms with E-state index in [0.717, 1.165) is 29.0 Å². The van der Waals surface area contributed by atoms with E-state index in [4.69, 9.17) is 5.73 Å². The summed E-state index contributed by atoms with van der Waals surface area (Å²) < 4.78 is 39.2. The van der Waals surface area contributed by atoms with Gasteiger partial charge in [-0.25, -0.2) is 15.0 Å². The van der Waals surface area contributed by atoms with Crippen LogP contribution in [0.15, 0.2) is 61.3 Å². The van der Waals surface area contributed by atoms with Crippen LogP contribution in [0, 0.1) is 0 Å². The van der Waals surface area contributed by atoms with Crippen molar-refractivity contribution in [3.8, 4) is 11.3 Å². The average Bonchev–Trinajstić information content (AvgIpc) is 3.36. The highest BCUT2D eigenvalue weighted by Gasteiger charge is 2.33. The summed E-state index contributed by atoms with van der Waals surface area (Å²) in [6.45, 7) is 1.68. The Morgan fingerprint density at radius 1 is 1.03 bits per heavy atom. The predicted molar refractivity (Wildman–Crippen MR) is 127 cm³/mol. The van der Waals surface area contributed by atoms with E-state index < -0.39 is 35.3 Å². The minimum Gasteiger partial charge on any atom is -0.398 e. The number of nitrogens with two attached hydrogens (primary N) is 1. The standard InChI is InChI=1S/C23H18F3N7O2S/c1-12(32-20(34)18-9-17(30-11-31-18)13-4-6-28-7-5-13)22-29-10-19(36-22)21(35)33-14-2-3-16(27)15(8-14)23(24,25)26/h2-12H,27H2,1H3,(H,32,34)(H,33,35). The molecule has 0 aliphatic carbocycles. The number of amides is 2. The number of hydrogen-bond acceptors (Lipinski definition) is 8. The molecule has 0 bridgehead atoms. The van der Waals surface area contributed by atoms with Gasteiger partial charge in [0.05, 0.1) is 23.5 Å². The molecule has 1 aromatic carbocycles. The molecule has 0 aliphatic rings. The number of halogens is 3. The Hall–Kier alpha value is -4.39. The molecule has 0 radical (unpaired) electrons. The Morgan fingerprint density at radius 2 is 1.78 bits per heavy atom. The van der Waals surface area contributed by atoms with E-state index in [1.807, 2.05) is 0 Å². The number of anilines is 2. The zero-order valence-corrected chi connectivity index (χ0v) is 19.4. The van der Waals surface area contributed by atoms with Crippen molar-refractivity contribution in [3.63, 3.8) is 0 Å². The number of thiazole rings is 1. The van der Waals surface area contributed by atoms with Crippen LogP contribution in [0.1, 0.15) is 43.7 Å². The number of rotatable bonds is 6. The van der Waals surface area contributed by atoms with E-state index in [9.17, 15) is 22.8 Å². The summed E-state index contributed by atoms with van der Waals surface area (Å²) >= 11 is 0.994. The maximum Gasteiger partial charge on any atom is 0.418 e. The first kappa shape index (κ1) is 24.7. The van der Waals surface area contributed by atoms with Crippen molar-refractivity contribution < 1.29 is 22.8 Å². The second-order valence-electron chi connectivity index (χ2n) is 7.54. The number of hydrogen-bond donors (Lipinski definition) is 3. The van der Waals surface area contributed by atoms with Gasteiger partial charge in [-0.1, -0.05) is 0 Å². The fourth-order valence-electron chi connectivity index (χ4n) is 3.16. The van der Waals surface area contributed by atoms with Gasteiger partial charge in [-0.15, -0.1) is 11.3 Å². The van der Waals surface area contributed by atoms with Crippen LogP contribution in [-0.4, -0.2) is 31.8 Å². The van der Waals surface area contributed by atoms with Crippen LogP contribution < -0.4 is 16.4 Å². The van der Waals surface area contributed by atoms with Crippen LogP contribution in [0.4, 0.5) is 24.5 Å². The topological polar surface area (TPSA) is 136 Å². The monoisotopic (exact) mass is 513 g/mol. The molecular weight excluding hydrogens is 495 g/mol. The molecule has 13 heteroatoms. The lowest BCUT2D eigenvalue weighted by Crippen LogP contribution is -2.27. The molecule has 9 nitrogen and oxygen atoms in total. The summed E-state index contributed by atoms with van der Waals surface area (Å²) in [5.74, 6) is -1.11. The van der Waals surface area contributed by atoms with Gasteiger partial charge in [0.1, 0.15) is 21.9 Å². The lowest BCUT2D eigenvalue weighted by atomic mass is 10.1. The number of nitrogen functional groups attached to an aromatic ring is 1. The smallest absolute Gasteiger partial charge is 0.398 e. The van der Waals surface area contributed by atoms with Gasteiger partial charge in [-0.2, -0.15) is 13.2 Å². The summed E-state index contributed by atoms with van der Waals surface area (Å²) in [6, 6.07) is 7.58. The molecule has 184 valence electrons. The number of alkyl halides is 3. The summed E-state index contributed by atoms with van der Waals surface area (Å²) in [6.07, 6.45) is 1.13. The largest absolute Gasteiger partial charge is 0.418 e. The molecule has 1 atom stereocenters. The van der Waals surface area contributed by atoms with E-state index in [1.165, 1.54) is 18.6 Å². The van der Waals surface area contributed by atoms with Gasteiger partial charge >= 0.3 is 6.18 Å². The number of nitrogens with one attached hydrogen (secondary N) is 2. The number of aromatic nitrogens is 4. The zero-order valence-electron chi connectivity index (χ0n) is 18.6. The highest BCUT2D eigenvalue weighted by Crippen LogP contribution is 2.35. The normalized spacial score (nSPS) is 12.1. The minimum atomic E-state index is -4.65. The number of nitrogens with zero attached hydrogens (tertiary/aromatic N) is 4. The molecule has 3 aromatic heterocycles. The summed E-state index contributed by atoms with van der Waals surface area (Å²) in [4.78, 5) is 41.7. The van der Waals surface area contributed by atoms with Crippen molar-refractivity contribution in [1.82, 2.24) is 25.3 Å². The molecule has 3 heterocycles. The van der Waals surface area contributed by atoms with Gasteiger partial charge < -0.3 is 16.4 Å². The van der Waals surface area contributed by atoms with Gasteiger partial charge in [0, 0.05) is 29.3 Å². The third-order valence-corrected chi connectivity index (χ3v) is 6.14. The number of benzene rings is 1. The third kappa shape index (κ3) is 5.63. The van der Waals surface area contributed by atoms with E-state index in [-0.39, 0.29) is 16.3 Å². The molecule has 4 N–H and O–H groups in total. The van der Waals surface area contributed by atoms with E-state index >= 15 is 0 Å². The van der Waals surface area contributed by atoms with Gasteiger partial charge in [-0.3, -0.25) is 14.6 Å². The van der Waals surface area contributed by atoms with E-state index in [2.05, 4.69) is 30.6 Å². The van der Waals surface area contributed by atoms with Crippen LogP contribution in [-0.2, 0) is 6.18 Å². The number of carbonyl (C=O) groups excluding carboxylic acids is 2. The first-order chi connectivity index (χ1) is 17.1. The first-order valence-electron chi connectivity index (χ1n) is 10.4. The van der Waals surface area contributed by atoms with Crippen molar-refractivity contribution in [1.29, 1.82) is 0 Å². The lowest BCUT2D eigenvalue weighted by molar-refractivity contribution is -0.136. The van der Waals surface area contributed by atoms with Crippen molar-refractivity contribution in [3.05, 3.63) is 82.5 Å². The van der Waals surface area contributed by atoms with Crippen LogP contribution >= 0.6 is 11.3 Å². The third-order valence-electron chi connectivity index (χ3n) is 4.96. The second kappa shape index (κ2) is 10.1. The molecule has 4 aromatic rings. The van der Waals surface area contributed by atoms with Gasteiger partial charge in [0.15, 0.2) is 0 Å². The first-order valence-corrected chi connectivity index (χ1v) is 11.2. The zero-order chi connectivity index (χ0) is 25.9. The second-order valence-corrected chi connectivity index (χ2v) is 8.60. The summed E-state index contributed by atoms with van der Waals surface area (Å²) in [7, 11) is 0. The molecule has 0 spiro atoms. The van der Waals surface area contributed by atoms with Crippen LogP contribution in [0.5, 0.6) is 0 Å². The molecule has 0 fully saturated rings. The molecule has 0 saturated carbocycles. The highest BCUT2D eigenvalue weighted by molar-refractivity contribution is 7.13. The quantitative estimate of drug-likeness (QED) is 0.326. The fraction of sp³-hybridized carbons (Fsp3) is 0.130. The average molecular weight is 514 g/mol. The van der Waals surface area contributed by atoms with E-state index in [0.29, 0.717) is 10.7 Å².